The fourth-order valence-electron chi connectivity index (χ4n) is 2.67. The molecule has 0 aliphatic carbocycles. The van der Waals surface area contributed by atoms with Gasteiger partial charge in [-0.25, -0.2) is 0 Å². The van der Waals surface area contributed by atoms with Gasteiger partial charge in [0.25, 0.3) is 0 Å². The molecule has 0 radical (unpaired) electrons. The van der Waals surface area contributed by atoms with Crippen LogP contribution < -0.4 is 11.1 Å². The molecular weight excluding hydrogens is 272 g/mol. The van der Waals surface area contributed by atoms with Gasteiger partial charge in [0.15, 0.2) is 0 Å². The van der Waals surface area contributed by atoms with Crippen LogP contribution in [-0.4, -0.2) is 79.6 Å². The van der Waals surface area contributed by atoms with Crippen molar-refractivity contribution >= 4 is 11.8 Å². The Labute approximate surface area is 125 Å². The van der Waals surface area contributed by atoms with Gasteiger partial charge in [0.1, 0.15) is 0 Å². The van der Waals surface area contributed by atoms with E-state index in [0.717, 1.165) is 32.8 Å². The number of hydrogen-bond acceptors (Lipinski definition) is 5. The quantitative estimate of drug-likeness (QED) is 0.641. The van der Waals surface area contributed by atoms with Gasteiger partial charge >= 0.3 is 0 Å². The molecule has 0 aromatic rings. The van der Waals surface area contributed by atoms with Crippen molar-refractivity contribution in [3.05, 3.63) is 0 Å². The predicted octanol–water partition coefficient (Wildman–Crippen LogP) is -1.23. The zero-order valence-electron chi connectivity index (χ0n) is 12.7. The number of nitrogens with zero attached hydrogens (tertiary/aromatic N) is 2. The molecule has 0 saturated carbocycles. The van der Waals surface area contributed by atoms with Crippen LogP contribution in [-0.2, 0) is 14.3 Å². The van der Waals surface area contributed by atoms with Crippen molar-refractivity contribution in [3.8, 4) is 0 Å². The lowest BCUT2D eigenvalue weighted by Gasteiger charge is -2.28. The van der Waals surface area contributed by atoms with Crippen molar-refractivity contribution in [2.24, 2.45) is 5.73 Å². The SMILES string of the molecule is CC[C@H](N)C(=O)NC1CC(=O)N(CCN2CCOCC2)C1. The molecule has 7 nitrogen and oxygen atoms in total. The highest BCUT2D eigenvalue weighted by Gasteiger charge is 2.31. The highest BCUT2D eigenvalue weighted by molar-refractivity contribution is 5.84. The maximum atomic E-state index is 12.0. The first-order chi connectivity index (χ1) is 10.1. The Bertz CT molecular complexity index is 371. The number of carbonyl (C=O) groups is 2. The molecule has 2 aliphatic rings. The molecule has 2 rings (SSSR count). The monoisotopic (exact) mass is 298 g/mol. The maximum absolute atomic E-state index is 12.0. The molecule has 2 heterocycles. The number of rotatable bonds is 6. The summed E-state index contributed by atoms with van der Waals surface area (Å²) in [5.74, 6) is -0.0519. The molecule has 1 unspecified atom stereocenters. The van der Waals surface area contributed by atoms with Gasteiger partial charge in [-0.05, 0) is 6.42 Å². The molecule has 120 valence electrons. The van der Waals surface area contributed by atoms with Crippen LogP contribution in [0.25, 0.3) is 0 Å². The molecule has 2 atom stereocenters. The molecule has 2 amide bonds. The van der Waals surface area contributed by atoms with E-state index >= 15 is 0 Å². The highest BCUT2D eigenvalue weighted by atomic mass is 16.5. The summed E-state index contributed by atoms with van der Waals surface area (Å²) >= 11 is 0. The standard InChI is InChI=1S/C14H26N4O3/c1-2-12(15)14(20)16-11-9-13(19)18(10-11)4-3-17-5-7-21-8-6-17/h11-12H,2-10,15H2,1H3,(H,16,20)/t11?,12-/m0/s1. The first kappa shape index (κ1) is 16.2. The Hall–Kier alpha value is -1.18. The number of likely N-dealkylation sites (tertiary alicyclic amines) is 1. The smallest absolute Gasteiger partial charge is 0.237 e. The van der Waals surface area contributed by atoms with E-state index < -0.39 is 6.04 Å². The Balaban J connectivity index is 1.73. The molecule has 0 spiro atoms. The van der Waals surface area contributed by atoms with E-state index in [1.165, 1.54) is 0 Å². The topological polar surface area (TPSA) is 87.9 Å². The van der Waals surface area contributed by atoms with E-state index in [-0.39, 0.29) is 17.9 Å². The van der Waals surface area contributed by atoms with Gasteiger partial charge in [0.2, 0.25) is 11.8 Å². The second-order valence-corrected chi connectivity index (χ2v) is 5.72. The average Bonchev–Trinajstić information content (AvgIpc) is 2.85. The number of nitrogens with two attached hydrogens (primary N) is 1. The summed E-state index contributed by atoms with van der Waals surface area (Å²) in [5, 5.41) is 2.87. The Morgan fingerprint density at radius 2 is 2.14 bits per heavy atom. The zero-order valence-corrected chi connectivity index (χ0v) is 12.7. The van der Waals surface area contributed by atoms with E-state index in [9.17, 15) is 9.59 Å². The number of nitrogens with one attached hydrogen (secondary N) is 1. The van der Waals surface area contributed by atoms with Gasteiger partial charge in [0.05, 0.1) is 25.3 Å². The van der Waals surface area contributed by atoms with Gasteiger partial charge in [-0.3, -0.25) is 14.5 Å². The van der Waals surface area contributed by atoms with E-state index in [0.29, 0.717) is 25.9 Å². The highest BCUT2D eigenvalue weighted by Crippen LogP contribution is 2.11. The van der Waals surface area contributed by atoms with Crippen LogP contribution >= 0.6 is 0 Å². The fraction of sp³-hybridized carbons (Fsp3) is 0.857. The third-order valence-corrected chi connectivity index (χ3v) is 4.13. The Morgan fingerprint density at radius 3 is 2.81 bits per heavy atom. The summed E-state index contributed by atoms with van der Waals surface area (Å²) < 4.78 is 5.30. The minimum Gasteiger partial charge on any atom is -0.379 e. The lowest BCUT2D eigenvalue weighted by Crippen LogP contribution is -2.46. The van der Waals surface area contributed by atoms with Crippen LogP contribution in [0.1, 0.15) is 19.8 Å². The van der Waals surface area contributed by atoms with Gasteiger partial charge in [-0.1, -0.05) is 6.92 Å². The maximum Gasteiger partial charge on any atom is 0.237 e. The summed E-state index contributed by atoms with van der Waals surface area (Å²) in [6, 6.07) is -0.588. The van der Waals surface area contributed by atoms with Crippen LogP contribution in [0.4, 0.5) is 0 Å². The second-order valence-electron chi connectivity index (χ2n) is 5.72. The number of hydrogen-bond donors (Lipinski definition) is 2. The van der Waals surface area contributed by atoms with Crippen LogP contribution in [0.2, 0.25) is 0 Å². The van der Waals surface area contributed by atoms with Crippen LogP contribution in [0.15, 0.2) is 0 Å². The molecule has 2 saturated heterocycles. The molecule has 21 heavy (non-hydrogen) atoms. The molecule has 0 aromatic carbocycles. The number of morpholine rings is 1. The minimum atomic E-state index is -0.484. The van der Waals surface area contributed by atoms with Crippen molar-refractivity contribution in [1.29, 1.82) is 0 Å². The number of carbonyl (C=O) groups excluding carboxylic acids is 2. The third kappa shape index (κ3) is 4.66. The lowest BCUT2D eigenvalue weighted by atomic mass is 10.2. The minimum absolute atomic E-state index is 0.104. The van der Waals surface area contributed by atoms with E-state index in [1.807, 2.05) is 11.8 Å². The summed E-state index contributed by atoms with van der Waals surface area (Å²) in [7, 11) is 0. The Kier molecular flexibility index (Phi) is 5.96. The molecule has 2 aliphatic heterocycles. The molecule has 7 heteroatoms. The van der Waals surface area contributed by atoms with Crippen LogP contribution in [0.5, 0.6) is 0 Å². The molecule has 3 N–H and O–H groups in total. The predicted molar refractivity (Wildman–Crippen MR) is 78.7 cm³/mol. The zero-order chi connectivity index (χ0) is 15.2. The Morgan fingerprint density at radius 1 is 1.43 bits per heavy atom. The summed E-state index contributed by atoms with van der Waals surface area (Å²) in [4.78, 5) is 27.9. The van der Waals surface area contributed by atoms with Gasteiger partial charge in [0, 0.05) is 39.1 Å². The summed E-state index contributed by atoms with van der Waals surface area (Å²) in [6.07, 6.45) is 0.985. The third-order valence-electron chi connectivity index (χ3n) is 4.13. The second kappa shape index (κ2) is 7.72. The lowest BCUT2D eigenvalue weighted by molar-refractivity contribution is -0.128. The van der Waals surface area contributed by atoms with Crippen molar-refractivity contribution in [3.63, 3.8) is 0 Å². The first-order valence-corrected chi connectivity index (χ1v) is 7.74. The van der Waals surface area contributed by atoms with Crippen molar-refractivity contribution in [2.45, 2.75) is 31.8 Å². The van der Waals surface area contributed by atoms with E-state index in [2.05, 4.69) is 10.2 Å². The molecule has 0 aromatic heterocycles. The molecule has 0 bridgehead atoms. The largest absolute Gasteiger partial charge is 0.379 e. The van der Waals surface area contributed by atoms with Crippen LogP contribution in [0, 0.1) is 0 Å². The molecule has 2 fully saturated rings. The summed E-state index contributed by atoms with van der Waals surface area (Å²) in [6.45, 7) is 7.42. The van der Waals surface area contributed by atoms with E-state index in [1.54, 1.807) is 0 Å². The normalized spacial score (nSPS) is 25.1. The average molecular weight is 298 g/mol. The van der Waals surface area contributed by atoms with Gasteiger partial charge < -0.3 is 20.7 Å². The number of ether oxygens (including phenoxy) is 1. The number of amides is 2. The van der Waals surface area contributed by atoms with Gasteiger partial charge in [-0.15, -0.1) is 0 Å². The van der Waals surface area contributed by atoms with E-state index in [4.69, 9.17) is 10.5 Å². The van der Waals surface area contributed by atoms with Crippen molar-refractivity contribution in [1.82, 2.24) is 15.1 Å². The van der Waals surface area contributed by atoms with Crippen molar-refractivity contribution < 1.29 is 14.3 Å². The van der Waals surface area contributed by atoms with Crippen LogP contribution in [0.3, 0.4) is 0 Å². The van der Waals surface area contributed by atoms with Crippen molar-refractivity contribution in [2.75, 3.05) is 45.9 Å². The first-order valence-electron chi connectivity index (χ1n) is 7.74. The van der Waals surface area contributed by atoms with Gasteiger partial charge in [-0.2, -0.15) is 0 Å². The molecular formula is C14H26N4O3. The fourth-order valence-corrected chi connectivity index (χ4v) is 2.67. The summed E-state index contributed by atoms with van der Waals surface area (Å²) in [5.41, 5.74) is 5.69.